The molecule has 1 aromatic carbocycles. The summed E-state index contributed by atoms with van der Waals surface area (Å²) in [4.78, 5) is 48.6. The number of carboxylic acids is 1. The summed E-state index contributed by atoms with van der Waals surface area (Å²) in [5.41, 5.74) is 5.90. The van der Waals surface area contributed by atoms with E-state index in [-0.39, 0.29) is 30.4 Å². The fourth-order valence-electron chi connectivity index (χ4n) is 2.73. The van der Waals surface area contributed by atoms with Gasteiger partial charge >= 0.3 is 5.97 Å². The molecule has 0 saturated heterocycles. The number of amides is 3. The van der Waals surface area contributed by atoms with E-state index in [9.17, 15) is 29.4 Å². The molecule has 0 spiro atoms. The van der Waals surface area contributed by atoms with Crippen LogP contribution in [0.5, 0.6) is 5.75 Å². The Morgan fingerprint density at radius 3 is 2.10 bits per heavy atom. The maximum atomic E-state index is 12.7. The standard InChI is InChI=1S/C20H30N4O6S/c1-3-11(2)17(24-16(26)9-21)19(28)23-15(10-31)18(27)22-14(20(29)30)8-12-4-6-13(25)7-5-12/h4-7,11,14-15,17,25,31H,3,8-10,21H2,1-2H3,(H,22,27)(H,23,28)(H,24,26)(H,29,30). The average Bonchev–Trinajstić information content (AvgIpc) is 2.75. The maximum Gasteiger partial charge on any atom is 0.326 e. The number of hydrogen-bond donors (Lipinski definition) is 7. The van der Waals surface area contributed by atoms with Gasteiger partial charge in [0.15, 0.2) is 0 Å². The lowest BCUT2D eigenvalue weighted by Crippen LogP contribution is -2.58. The fourth-order valence-corrected chi connectivity index (χ4v) is 2.99. The molecule has 0 heterocycles. The highest BCUT2D eigenvalue weighted by molar-refractivity contribution is 7.80. The number of hydrogen-bond acceptors (Lipinski definition) is 7. The summed E-state index contributed by atoms with van der Waals surface area (Å²) >= 11 is 4.09. The maximum absolute atomic E-state index is 12.7. The van der Waals surface area contributed by atoms with Crippen LogP contribution >= 0.6 is 12.6 Å². The number of phenols is 1. The van der Waals surface area contributed by atoms with Crippen LogP contribution in [0, 0.1) is 5.92 Å². The SMILES string of the molecule is CCC(C)C(NC(=O)CN)C(=O)NC(CS)C(=O)NC(Cc1ccc(O)cc1)C(=O)O. The molecule has 0 radical (unpaired) electrons. The second-order valence-electron chi connectivity index (χ2n) is 7.15. The van der Waals surface area contributed by atoms with Crippen molar-refractivity contribution in [1.29, 1.82) is 0 Å². The van der Waals surface area contributed by atoms with E-state index in [1.165, 1.54) is 12.1 Å². The highest BCUT2D eigenvalue weighted by atomic mass is 32.1. The van der Waals surface area contributed by atoms with Crippen molar-refractivity contribution in [3.05, 3.63) is 29.8 Å². The topological polar surface area (TPSA) is 171 Å². The molecular formula is C20H30N4O6S. The van der Waals surface area contributed by atoms with Gasteiger partial charge < -0.3 is 31.9 Å². The lowest BCUT2D eigenvalue weighted by Gasteiger charge is -2.26. The van der Waals surface area contributed by atoms with E-state index in [1.807, 2.05) is 6.92 Å². The van der Waals surface area contributed by atoms with Gasteiger partial charge in [-0.25, -0.2) is 4.79 Å². The van der Waals surface area contributed by atoms with Gasteiger partial charge in [-0.1, -0.05) is 32.4 Å². The highest BCUT2D eigenvalue weighted by Crippen LogP contribution is 2.12. The number of benzene rings is 1. The monoisotopic (exact) mass is 454 g/mol. The first-order chi connectivity index (χ1) is 14.6. The number of rotatable bonds is 12. The Morgan fingerprint density at radius 1 is 1.03 bits per heavy atom. The molecule has 4 unspecified atom stereocenters. The molecule has 11 heteroatoms. The van der Waals surface area contributed by atoms with Crippen molar-refractivity contribution in [2.45, 2.75) is 44.8 Å². The van der Waals surface area contributed by atoms with Crippen LogP contribution in [0.4, 0.5) is 0 Å². The number of nitrogens with one attached hydrogen (secondary N) is 3. The third-order valence-electron chi connectivity index (χ3n) is 4.80. The quantitative estimate of drug-likeness (QED) is 0.207. The molecule has 0 fully saturated rings. The summed E-state index contributed by atoms with van der Waals surface area (Å²) in [6.45, 7) is 3.34. The van der Waals surface area contributed by atoms with Crippen LogP contribution in [0.25, 0.3) is 0 Å². The van der Waals surface area contributed by atoms with Crippen LogP contribution in [0.3, 0.4) is 0 Å². The molecule has 0 aliphatic rings. The van der Waals surface area contributed by atoms with Gasteiger partial charge in [-0.2, -0.15) is 12.6 Å². The average molecular weight is 455 g/mol. The Labute approximate surface area is 186 Å². The molecule has 31 heavy (non-hydrogen) atoms. The second kappa shape index (κ2) is 12.8. The predicted octanol–water partition coefficient (Wildman–Crippen LogP) is -0.592. The zero-order chi connectivity index (χ0) is 23.6. The molecule has 0 aliphatic carbocycles. The van der Waals surface area contributed by atoms with Gasteiger partial charge in [0.05, 0.1) is 6.54 Å². The third kappa shape index (κ3) is 8.46. The molecule has 172 valence electrons. The van der Waals surface area contributed by atoms with Crippen LogP contribution in [0.15, 0.2) is 24.3 Å². The zero-order valence-electron chi connectivity index (χ0n) is 17.5. The highest BCUT2D eigenvalue weighted by Gasteiger charge is 2.30. The minimum absolute atomic E-state index is 0.0172. The zero-order valence-corrected chi connectivity index (χ0v) is 18.4. The minimum Gasteiger partial charge on any atom is -0.508 e. The van der Waals surface area contributed by atoms with Crippen LogP contribution in [0.2, 0.25) is 0 Å². The van der Waals surface area contributed by atoms with Crippen molar-refractivity contribution in [2.24, 2.45) is 11.7 Å². The number of thiol groups is 1. The molecule has 4 atom stereocenters. The first-order valence-corrected chi connectivity index (χ1v) is 10.5. The molecular weight excluding hydrogens is 424 g/mol. The van der Waals surface area contributed by atoms with E-state index in [0.717, 1.165) is 0 Å². The van der Waals surface area contributed by atoms with Crippen LogP contribution in [-0.4, -0.2) is 64.3 Å². The minimum atomic E-state index is -1.25. The summed E-state index contributed by atoms with van der Waals surface area (Å²) in [5.74, 6) is -3.33. The van der Waals surface area contributed by atoms with Crippen molar-refractivity contribution in [1.82, 2.24) is 16.0 Å². The molecule has 0 aromatic heterocycles. The summed E-state index contributed by atoms with van der Waals surface area (Å²) < 4.78 is 0. The van der Waals surface area contributed by atoms with Gasteiger partial charge in [-0.3, -0.25) is 14.4 Å². The molecule has 1 rings (SSSR count). The second-order valence-corrected chi connectivity index (χ2v) is 7.51. The predicted molar refractivity (Wildman–Crippen MR) is 118 cm³/mol. The first kappa shape index (κ1) is 26.2. The summed E-state index contributed by atoms with van der Waals surface area (Å²) in [6, 6.07) is 2.66. The van der Waals surface area contributed by atoms with Gasteiger partial charge in [-0.15, -0.1) is 0 Å². The van der Waals surface area contributed by atoms with Crippen LogP contribution in [0.1, 0.15) is 25.8 Å². The number of carbonyl (C=O) groups is 4. The fraction of sp³-hybridized carbons (Fsp3) is 0.500. The van der Waals surface area contributed by atoms with Crippen molar-refractivity contribution in [3.63, 3.8) is 0 Å². The van der Waals surface area contributed by atoms with E-state index in [1.54, 1.807) is 19.1 Å². The van der Waals surface area contributed by atoms with Crippen molar-refractivity contribution in [2.75, 3.05) is 12.3 Å². The van der Waals surface area contributed by atoms with Crippen LogP contribution in [-0.2, 0) is 25.6 Å². The molecule has 10 nitrogen and oxygen atoms in total. The first-order valence-electron chi connectivity index (χ1n) is 9.84. The summed E-state index contributed by atoms with van der Waals surface area (Å²) in [5, 5.41) is 26.3. The lowest BCUT2D eigenvalue weighted by molar-refractivity contribution is -0.142. The Bertz CT molecular complexity index is 773. The van der Waals surface area contributed by atoms with Crippen molar-refractivity contribution < 1.29 is 29.4 Å². The van der Waals surface area contributed by atoms with Gasteiger partial charge in [0.25, 0.3) is 0 Å². The Morgan fingerprint density at radius 2 is 1.61 bits per heavy atom. The third-order valence-corrected chi connectivity index (χ3v) is 5.17. The largest absolute Gasteiger partial charge is 0.508 e. The molecule has 0 bridgehead atoms. The number of aromatic hydroxyl groups is 1. The lowest BCUT2D eigenvalue weighted by atomic mass is 9.98. The molecule has 0 saturated carbocycles. The van der Waals surface area contributed by atoms with E-state index in [0.29, 0.717) is 12.0 Å². The number of nitrogens with two attached hydrogens (primary N) is 1. The van der Waals surface area contributed by atoms with E-state index < -0.39 is 41.8 Å². The molecule has 7 N–H and O–H groups in total. The van der Waals surface area contributed by atoms with Gasteiger partial charge in [0, 0.05) is 12.2 Å². The number of phenolic OH excluding ortho intramolecular Hbond substituents is 1. The van der Waals surface area contributed by atoms with Crippen molar-refractivity contribution >= 4 is 36.3 Å². The van der Waals surface area contributed by atoms with Crippen LogP contribution < -0.4 is 21.7 Å². The Balaban J connectivity index is 2.86. The summed E-state index contributed by atoms with van der Waals surface area (Å²) in [7, 11) is 0. The van der Waals surface area contributed by atoms with Gasteiger partial charge in [0.2, 0.25) is 17.7 Å². The van der Waals surface area contributed by atoms with E-state index >= 15 is 0 Å². The Kier molecular flexibility index (Phi) is 10.8. The van der Waals surface area contributed by atoms with E-state index in [4.69, 9.17) is 5.73 Å². The van der Waals surface area contributed by atoms with Gasteiger partial charge in [-0.05, 0) is 23.6 Å². The van der Waals surface area contributed by atoms with Crippen molar-refractivity contribution in [3.8, 4) is 5.75 Å². The molecule has 0 aliphatic heterocycles. The Hall–Kier alpha value is -2.79. The van der Waals surface area contributed by atoms with E-state index in [2.05, 4.69) is 28.6 Å². The number of carboxylic acid groups (broad SMARTS) is 1. The summed E-state index contributed by atoms with van der Waals surface area (Å²) in [6.07, 6.45) is 0.574. The normalized spacial score (nSPS) is 14.6. The smallest absolute Gasteiger partial charge is 0.326 e. The number of aliphatic carboxylic acids is 1. The molecule has 1 aromatic rings. The van der Waals surface area contributed by atoms with Gasteiger partial charge in [0.1, 0.15) is 23.9 Å². The number of carbonyl (C=O) groups excluding carboxylic acids is 3. The molecule has 3 amide bonds.